The molecule has 4 N–H and O–H groups in total. The van der Waals surface area contributed by atoms with Gasteiger partial charge in [-0.25, -0.2) is 4.79 Å². The monoisotopic (exact) mass is 324 g/mol. The molecule has 5 nitrogen and oxygen atoms in total. The summed E-state index contributed by atoms with van der Waals surface area (Å²) >= 11 is 0. The Hall–Kier alpha value is -2.63. The van der Waals surface area contributed by atoms with Gasteiger partial charge < -0.3 is 20.6 Å². The van der Waals surface area contributed by atoms with E-state index in [0.717, 1.165) is 22.0 Å². The summed E-state index contributed by atoms with van der Waals surface area (Å²) in [5.41, 5.74) is 8.84. The van der Waals surface area contributed by atoms with Gasteiger partial charge in [0.15, 0.2) is 6.10 Å². The third-order valence-electron chi connectivity index (χ3n) is 4.00. The van der Waals surface area contributed by atoms with Gasteiger partial charge >= 0.3 is 5.97 Å². The number of para-hydroxylation sites is 1. The maximum Gasteiger partial charge on any atom is 0.336 e. The number of nitrogens with one attached hydrogen (secondary N) is 1. The van der Waals surface area contributed by atoms with Crippen molar-refractivity contribution in [2.45, 2.75) is 25.2 Å². The second kappa shape index (κ2) is 7.29. The molecule has 2 atom stereocenters. The highest BCUT2D eigenvalue weighted by Crippen LogP contribution is 2.19. The van der Waals surface area contributed by atoms with Crippen molar-refractivity contribution >= 4 is 16.9 Å². The van der Waals surface area contributed by atoms with Gasteiger partial charge in [-0.15, -0.1) is 0 Å². The van der Waals surface area contributed by atoms with E-state index < -0.39 is 18.1 Å². The molecule has 5 heteroatoms. The summed E-state index contributed by atoms with van der Waals surface area (Å²) in [6, 6.07) is 16.4. The quantitative estimate of drug-likeness (QED) is 0.606. The van der Waals surface area contributed by atoms with E-state index in [0.29, 0.717) is 6.42 Å². The van der Waals surface area contributed by atoms with Crippen LogP contribution in [-0.4, -0.2) is 28.2 Å². The van der Waals surface area contributed by atoms with Gasteiger partial charge in [0, 0.05) is 23.1 Å². The molecule has 0 aliphatic rings. The van der Waals surface area contributed by atoms with Crippen molar-refractivity contribution in [2.24, 2.45) is 5.73 Å². The van der Waals surface area contributed by atoms with E-state index in [9.17, 15) is 9.90 Å². The summed E-state index contributed by atoms with van der Waals surface area (Å²) in [7, 11) is 0. The van der Waals surface area contributed by atoms with Crippen molar-refractivity contribution in [3.05, 3.63) is 71.9 Å². The number of benzene rings is 2. The molecule has 0 aliphatic heterocycles. The average Bonchev–Trinajstić information content (AvgIpc) is 3.03. The van der Waals surface area contributed by atoms with Crippen LogP contribution in [-0.2, 0) is 22.6 Å². The topological polar surface area (TPSA) is 88.3 Å². The zero-order valence-corrected chi connectivity index (χ0v) is 13.2. The van der Waals surface area contributed by atoms with Gasteiger partial charge in [-0.05, 0) is 23.6 Å². The minimum Gasteiger partial charge on any atom is -0.459 e. The van der Waals surface area contributed by atoms with Crippen LogP contribution in [0.25, 0.3) is 10.9 Å². The molecular formula is C19H20N2O3. The Balaban J connectivity index is 1.59. The molecule has 1 unspecified atom stereocenters. The molecule has 0 radical (unpaired) electrons. The zero-order chi connectivity index (χ0) is 16.9. The SMILES string of the molecule is N[C@@H](Cc1c[nH]c2ccccc12)C(O)C(=O)OCc1ccccc1. The van der Waals surface area contributed by atoms with E-state index in [1.165, 1.54) is 0 Å². The lowest BCUT2D eigenvalue weighted by Crippen LogP contribution is -2.42. The van der Waals surface area contributed by atoms with Gasteiger partial charge in [-0.1, -0.05) is 48.5 Å². The molecule has 24 heavy (non-hydrogen) atoms. The fourth-order valence-electron chi connectivity index (χ4n) is 2.65. The van der Waals surface area contributed by atoms with Gasteiger partial charge in [0.05, 0.1) is 0 Å². The number of carbonyl (C=O) groups excluding carboxylic acids is 1. The van der Waals surface area contributed by atoms with Crippen molar-refractivity contribution < 1.29 is 14.6 Å². The van der Waals surface area contributed by atoms with Crippen LogP contribution in [0.1, 0.15) is 11.1 Å². The summed E-state index contributed by atoms with van der Waals surface area (Å²) in [5.74, 6) is -0.703. The maximum absolute atomic E-state index is 12.0. The van der Waals surface area contributed by atoms with Gasteiger partial charge in [-0.3, -0.25) is 0 Å². The van der Waals surface area contributed by atoms with Crippen LogP contribution < -0.4 is 5.73 Å². The Kier molecular flexibility index (Phi) is 4.93. The molecule has 3 rings (SSSR count). The summed E-state index contributed by atoms with van der Waals surface area (Å²) in [4.78, 5) is 15.1. The maximum atomic E-state index is 12.0. The van der Waals surface area contributed by atoms with E-state index in [2.05, 4.69) is 4.98 Å². The van der Waals surface area contributed by atoms with Crippen molar-refractivity contribution in [3.8, 4) is 0 Å². The Labute approximate surface area is 140 Å². The highest BCUT2D eigenvalue weighted by atomic mass is 16.5. The Morgan fingerprint density at radius 1 is 1.12 bits per heavy atom. The second-order valence-corrected chi connectivity index (χ2v) is 5.77. The third kappa shape index (κ3) is 3.64. The van der Waals surface area contributed by atoms with Crippen LogP contribution in [0.3, 0.4) is 0 Å². The zero-order valence-electron chi connectivity index (χ0n) is 13.2. The normalized spacial score (nSPS) is 13.6. The number of aliphatic hydroxyl groups excluding tert-OH is 1. The molecule has 0 saturated heterocycles. The number of rotatable bonds is 6. The molecule has 1 heterocycles. The molecule has 0 fully saturated rings. The molecule has 1 aromatic heterocycles. The first-order valence-electron chi connectivity index (χ1n) is 7.84. The highest BCUT2D eigenvalue weighted by molar-refractivity contribution is 5.83. The average molecular weight is 324 g/mol. The van der Waals surface area contributed by atoms with Crippen LogP contribution in [0, 0.1) is 0 Å². The summed E-state index contributed by atoms with van der Waals surface area (Å²) < 4.78 is 5.14. The lowest BCUT2D eigenvalue weighted by Gasteiger charge is -2.17. The van der Waals surface area contributed by atoms with E-state index in [4.69, 9.17) is 10.5 Å². The summed E-state index contributed by atoms with van der Waals surface area (Å²) in [6.07, 6.45) is 0.875. The first-order valence-corrected chi connectivity index (χ1v) is 7.84. The Bertz CT molecular complexity index is 814. The van der Waals surface area contributed by atoms with Gasteiger partial charge in [0.1, 0.15) is 6.61 Å². The van der Waals surface area contributed by atoms with Crippen molar-refractivity contribution in [1.82, 2.24) is 4.98 Å². The summed E-state index contributed by atoms with van der Waals surface area (Å²) in [5, 5.41) is 11.2. The van der Waals surface area contributed by atoms with Gasteiger partial charge in [0.25, 0.3) is 0 Å². The number of fused-ring (bicyclic) bond motifs is 1. The standard InChI is InChI=1S/C19H20N2O3/c20-16(10-14-11-21-17-9-5-4-8-15(14)17)18(22)19(23)24-12-13-6-2-1-3-7-13/h1-9,11,16,18,21-22H,10,12,20H2/t16-,18?/m0/s1. The van der Waals surface area contributed by atoms with E-state index in [1.54, 1.807) is 0 Å². The number of carbonyl (C=O) groups is 1. The predicted octanol–water partition coefficient (Wildman–Crippen LogP) is 2.14. The highest BCUT2D eigenvalue weighted by Gasteiger charge is 2.25. The molecule has 0 aliphatic carbocycles. The second-order valence-electron chi connectivity index (χ2n) is 5.77. The van der Waals surface area contributed by atoms with Crippen LogP contribution in [0.4, 0.5) is 0 Å². The number of H-pyrrole nitrogens is 1. The molecule has 0 bridgehead atoms. The third-order valence-corrected chi connectivity index (χ3v) is 4.00. The van der Waals surface area contributed by atoms with Gasteiger partial charge in [-0.2, -0.15) is 0 Å². The van der Waals surface area contributed by atoms with Crippen molar-refractivity contribution in [3.63, 3.8) is 0 Å². The predicted molar refractivity (Wildman–Crippen MR) is 92.2 cm³/mol. The number of aromatic amines is 1. The Morgan fingerprint density at radius 2 is 1.83 bits per heavy atom. The Morgan fingerprint density at radius 3 is 2.62 bits per heavy atom. The van der Waals surface area contributed by atoms with Crippen LogP contribution in [0.5, 0.6) is 0 Å². The molecule has 124 valence electrons. The number of nitrogens with two attached hydrogens (primary N) is 1. The number of ether oxygens (including phenoxy) is 1. The van der Waals surface area contributed by atoms with Crippen LogP contribution in [0.2, 0.25) is 0 Å². The molecule has 0 saturated carbocycles. The fraction of sp³-hybridized carbons (Fsp3) is 0.211. The van der Waals surface area contributed by atoms with E-state index >= 15 is 0 Å². The first-order chi connectivity index (χ1) is 11.6. The van der Waals surface area contributed by atoms with Crippen molar-refractivity contribution in [2.75, 3.05) is 0 Å². The minimum atomic E-state index is -1.36. The lowest BCUT2D eigenvalue weighted by atomic mass is 10.0. The fourth-order valence-corrected chi connectivity index (χ4v) is 2.65. The van der Waals surface area contributed by atoms with E-state index in [1.807, 2.05) is 60.8 Å². The number of hydrogen-bond acceptors (Lipinski definition) is 4. The molecule has 2 aromatic carbocycles. The minimum absolute atomic E-state index is 0.122. The molecule has 0 spiro atoms. The first kappa shape index (κ1) is 16.2. The largest absolute Gasteiger partial charge is 0.459 e. The summed E-state index contributed by atoms with van der Waals surface area (Å²) in [6.45, 7) is 0.122. The smallest absolute Gasteiger partial charge is 0.336 e. The molecule has 3 aromatic rings. The van der Waals surface area contributed by atoms with Crippen LogP contribution >= 0.6 is 0 Å². The number of aliphatic hydroxyl groups is 1. The van der Waals surface area contributed by atoms with Gasteiger partial charge in [0.2, 0.25) is 0 Å². The molecular weight excluding hydrogens is 304 g/mol. The van der Waals surface area contributed by atoms with E-state index in [-0.39, 0.29) is 6.61 Å². The molecule has 0 amide bonds. The lowest BCUT2D eigenvalue weighted by molar-refractivity contribution is -0.156. The van der Waals surface area contributed by atoms with Crippen LogP contribution in [0.15, 0.2) is 60.8 Å². The number of aromatic nitrogens is 1. The number of esters is 1. The number of hydrogen-bond donors (Lipinski definition) is 3. The van der Waals surface area contributed by atoms with Crippen molar-refractivity contribution in [1.29, 1.82) is 0 Å².